The van der Waals surface area contributed by atoms with Crippen LogP contribution in [0, 0.1) is 5.82 Å². The van der Waals surface area contributed by atoms with Crippen molar-refractivity contribution in [3.8, 4) is 22.4 Å². The van der Waals surface area contributed by atoms with Gasteiger partial charge in [-0.25, -0.2) is 4.39 Å². The van der Waals surface area contributed by atoms with Crippen molar-refractivity contribution < 1.29 is 29.3 Å². The molecule has 0 aliphatic carbocycles. The summed E-state index contributed by atoms with van der Waals surface area (Å²) >= 11 is 0. The molecular formula is C33H39Ca2FN2O5. The summed E-state index contributed by atoms with van der Waals surface area (Å²) in [6, 6.07) is 24.8. The number of para-hydroxylation sites is 1. The van der Waals surface area contributed by atoms with Gasteiger partial charge in [0.2, 0.25) is 0 Å². The Labute approximate surface area is 311 Å². The minimum absolute atomic E-state index is 0. The molecule has 0 spiro atoms. The normalized spacial score (nSPS) is 12.1. The van der Waals surface area contributed by atoms with E-state index in [0.717, 1.165) is 11.3 Å². The van der Waals surface area contributed by atoms with Gasteiger partial charge in [-0.15, -0.1) is 0 Å². The van der Waals surface area contributed by atoms with Crippen molar-refractivity contribution in [2.75, 3.05) is 5.32 Å². The van der Waals surface area contributed by atoms with Crippen LogP contribution in [0.15, 0.2) is 84.9 Å². The number of nitrogens with zero attached hydrogens (tertiary/aromatic N) is 1. The Morgan fingerprint density at radius 2 is 1.42 bits per heavy atom. The summed E-state index contributed by atoms with van der Waals surface area (Å²) in [5, 5.41) is 32.8. The molecule has 43 heavy (non-hydrogen) atoms. The maximum atomic E-state index is 14.0. The molecule has 1 heterocycles. The zero-order valence-corrected chi connectivity index (χ0v) is 23.1. The van der Waals surface area contributed by atoms with Gasteiger partial charge in [0.1, 0.15) is 5.82 Å². The molecule has 222 valence electrons. The van der Waals surface area contributed by atoms with Gasteiger partial charge in [0.05, 0.1) is 29.9 Å². The van der Waals surface area contributed by atoms with E-state index in [1.54, 1.807) is 12.1 Å². The van der Waals surface area contributed by atoms with Crippen molar-refractivity contribution in [1.82, 2.24) is 4.57 Å². The minimum atomic E-state index is -1.18. The maximum absolute atomic E-state index is 14.0. The van der Waals surface area contributed by atoms with Crippen molar-refractivity contribution in [2.24, 2.45) is 0 Å². The third-order valence-electron chi connectivity index (χ3n) is 6.93. The first-order valence-corrected chi connectivity index (χ1v) is 13.7. The fourth-order valence-corrected chi connectivity index (χ4v) is 5.20. The molecule has 0 aliphatic heterocycles. The Balaban J connectivity index is 0.00000323. The number of aliphatic hydroxyl groups excluding tert-OH is 2. The SMILES string of the molecule is CC(C)c1c(C(=O)Nc2ccccc2)c(-c2ccccc2)c(-c2ccc(F)cc2)n1CCC(O)CC(O)CC(=O)O.[CaH2].[CaH2]. The van der Waals surface area contributed by atoms with Crippen molar-refractivity contribution in [3.05, 3.63) is 102 Å². The molecule has 4 N–H and O–H groups in total. The first-order valence-electron chi connectivity index (χ1n) is 13.7. The molecule has 0 aliphatic rings. The average molecular weight is 643 g/mol. The molecular weight excluding hydrogens is 604 g/mol. The van der Waals surface area contributed by atoms with E-state index in [1.165, 1.54) is 12.1 Å². The van der Waals surface area contributed by atoms with Crippen LogP contribution >= 0.6 is 0 Å². The monoisotopic (exact) mass is 642 g/mol. The molecule has 4 aromatic rings. The fraction of sp³-hybridized carbons (Fsp3) is 0.273. The molecule has 0 saturated carbocycles. The predicted octanol–water partition coefficient (Wildman–Crippen LogP) is 4.48. The van der Waals surface area contributed by atoms with Crippen molar-refractivity contribution in [3.63, 3.8) is 0 Å². The second kappa shape index (κ2) is 17.7. The molecule has 0 radical (unpaired) electrons. The summed E-state index contributed by atoms with van der Waals surface area (Å²) in [5.41, 5.74) is 4.77. The molecule has 1 aromatic heterocycles. The van der Waals surface area contributed by atoms with Gasteiger partial charge in [0.15, 0.2) is 0 Å². The number of carbonyl (C=O) groups is 2. The zero-order chi connectivity index (χ0) is 29.5. The summed E-state index contributed by atoms with van der Waals surface area (Å²) in [7, 11) is 0. The van der Waals surface area contributed by atoms with E-state index < -0.39 is 24.6 Å². The Morgan fingerprint density at radius 1 is 0.837 bits per heavy atom. The van der Waals surface area contributed by atoms with E-state index in [9.17, 15) is 24.2 Å². The molecule has 2 unspecified atom stereocenters. The van der Waals surface area contributed by atoms with Gasteiger partial charge in [-0.3, -0.25) is 9.59 Å². The number of nitrogens with one attached hydrogen (secondary N) is 1. The Bertz CT molecular complexity index is 1480. The number of hydrogen-bond donors (Lipinski definition) is 4. The third-order valence-corrected chi connectivity index (χ3v) is 6.93. The second-order valence-electron chi connectivity index (χ2n) is 10.4. The standard InChI is InChI=1S/C33H35FN2O5.2Ca.4H/c1-21(2)31-30(33(41)35-25-11-7-4-8-12-25)29(22-9-5-3-6-10-22)32(23-13-15-24(34)16-14-23)36(31)18-17-26(37)19-27(38)20-28(39)40;;;;;;/h3-16,21,26-27,37-38H,17-20H2,1-2H3,(H,35,41)(H,39,40);;;;;;. The zero-order valence-electron chi connectivity index (χ0n) is 23.1. The van der Waals surface area contributed by atoms with Crippen molar-refractivity contribution >= 4 is 93.0 Å². The Kier molecular flexibility index (Phi) is 15.4. The molecule has 10 heteroatoms. The number of carbonyl (C=O) groups excluding carboxylic acids is 1. The van der Waals surface area contributed by atoms with Gasteiger partial charge in [0, 0.05) is 23.5 Å². The number of anilines is 1. The molecule has 3 aromatic carbocycles. The van der Waals surface area contributed by atoms with E-state index >= 15 is 0 Å². The number of hydrogen-bond acceptors (Lipinski definition) is 4. The van der Waals surface area contributed by atoms with Crippen LogP contribution in [-0.2, 0) is 11.3 Å². The number of carboxylic acids is 1. The molecule has 0 fully saturated rings. The van der Waals surface area contributed by atoms with Crippen molar-refractivity contribution in [1.29, 1.82) is 0 Å². The Morgan fingerprint density at radius 3 is 1.98 bits per heavy atom. The third kappa shape index (κ3) is 9.87. The second-order valence-corrected chi connectivity index (χ2v) is 10.4. The van der Waals surface area contributed by atoms with Gasteiger partial charge in [-0.05, 0) is 66.3 Å². The van der Waals surface area contributed by atoms with Gasteiger partial charge >= 0.3 is 81.4 Å². The van der Waals surface area contributed by atoms with Gasteiger partial charge in [0.25, 0.3) is 5.91 Å². The number of benzene rings is 3. The summed E-state index contributed by atoms with van der Waals surface area (Å²) in [6.45, 7) is 4.25. The molecule has 2 atom stereocenters. The number of amides is 1. The van der Waals surface area contributed by atoms with E-state index in [4.69, 9.17) is 5.11 Å². The van der Waals surface area contributed by atoms with Crippen molar-refractivity contribution in [2.45, 2.75) is 57.8 Å². The number of aliphatic carboxylic acids is 1. The number of halogens is 1. The quantitative estimate of drug-likeness (QED) is 0.170. The topological polar surface area (TPSA) is 112 Å². The van der Waals surface area contributed by atoms with Crippen LogP contribution in [-0.4, -0.2) is 119 Å². The summed E-state index contributed by atoms with van der Waals surface area (Å²) in [5.74, 6) is -1.93. The summed E-state index contributed by atoms with van der Waals surface area (Å²) in [6.07, 6.45) is -2.51. The molecule has 4 rings (SSSR count). The summed E-state index contributed by atoms with van der Waals surface area (Å²) < 4.78 is 16.0. The Hall–Kier alpha value is -1.75. The van der Waals surface area contributed by atoms with Gasteiger partial charge in [-0.1, -0.05) is 62.4 Å². The number of rotatable bonds is 12. The van der Waals surface area contributed by atoms with Crippen LogP contribution < -0.4 is 5.32 Å². The first-order chi connectivity index (χ1) is 19.7. The van der Waals surface area contributed by atoms with Crippen LogP contribution in [0.3, 0.4) is 0 Å². The van der Waals surface area contributed by atoms with Crippen LogP contribution in [0.1, 0.15) is 55.1 Å². The molecule has 1 amide bonds. The van der Waals surface area contributed by atoms with E-state index in [-0.39, 0.29) is 113 Å². The summed E-state index contributed by atoms with van der Waals surface area (Å²) in [4.78, 5) is 25.0. The number of aliphatic hydroxyl groups is 2. The fourth-order valence-electron chi connectivity index (χ4n) is 5.20. The van der Waals surface area contributed by atoms with Crippen LogP contribution in [0.4, 0.5) is 10.1 Å². The van der Waals surface area contributed by atoms with E-state index in [0.29, 0.717) is 28.1 Å². The van der Waals surface area contributed by atoms with Gasteiger partial charge in [-0.2, -0.15) is 0 Å². The molecule has 0 bridgehead atoms. The predicted molar refractivity (Wildman–Crippen MR) is 174 cm³/mol. The van der Waals surface area contributed by atoms with Crippen LogP contribution in [0.25, 0.3) is 22.4 Å². The van der Waals surface area contributed by atoms with E-state index in [1.807, 2.05) is 79.1 Å². The van der Waals surface area contributed by atoms with Crippen LogP contribution in [0.2, 0.25) is 0 Å². The first kappa shape index (κ1) is 37.4. The molecule has 7 nitrogen and oxygen atoms in total. The van der Waals surface area contributed by atoms with Gasteiger partial charge < -0.3 is 25.2 Å². The number of aromatic nitrogens is 1. The molecule has 0 saturated heterocycles. The number of carboxylic acid groups (broad SMARTS) is 1. The van der Waals surface area contributed by atoms with Crippen LogP contribution in [0.5, 0.6) is 0 Å². The van der Waals surface area contributed by atoms with E-state index in [2.05, 4.69) is 5.32 Å². The average Bonchev–Trinajstić information content (AvgIpc) is 3.28.